The van der Waals surface area contributed by atoms with Gasteiger partial charge in [-0.2, -0.15) is 13.2 Å². The van der Waals surface area contributed by atoms with Gasteiger partial charge >= 0.3 is 6.18 Å². The number of hydrogen-bond acceptors (Lipinski definition) is 5. The Balaban J connectivity index is 2.65. The molecule has 11 heteroatoms. The number of benzene rings is 2. The molecule has 0 aliphatic heterocycles. The van der Waals surface area contributed by atoms with E-state index >= 15 is 0 Å². The fourth-order valence-electron chi connectivity index (χ4n) is 1.97. The van der Waals surface area contributed by atoms with Crippen molar-refractivity contribution in [3.63, 3.8) is 0 Å². The fourth-order valence-corrected chi connectivity index (χ4v) is 3.30. The van der Waals surface area contributed by atoms with Gasteiger partial charge in [0.2, 0.25) is 0 Å². The molecule has 2 aromatic carbocycles. The van der Waals surface area contributed by atoms with E-state index in [-0.39, 0.29) is 11.4 Å². The maximum atomic E-state index is 13.2. The lowest BCUT2D eigenvalue weighted by molar-refractivity contribution is -0.388. The number of nitrogen functional groups attached to an aromatic ring is 1. The molecule has 0 bridgehead atoms. The number of alkyl halides is 3. The van der Waals surface area contributed by atoms with Crippen molar-refractivity contribution in [3.8, 4) is 0 Å². The number of rotatable bonds is 4. The molecule has 0 atom stereocenters. The monoisotopic (exact) mass is 361 g/mol. The molecule has 0 saturated carbocycles. The lowest BCUT2D eigenvalue weighted by Crippen LogP contribution is -2.20. The first-order chi connectivity index (χ1) is 11.0. The van der Waals surface area contributed by atoms with Gasteiger partial charge in [0.05, 0.1) is 16.3 Å². The first kappa shape index (κ1) is 17.5. The molecule has 0 saturated heterocycles. The van der Waals surface area contributed by atoms with Crippen LogP contribution in [0.15, 0.2) is 47.4 Å². The zero-order valence-corrected chi connectivity index (χ0v) is 12.6. The van der Waals surface area contributed by atoms with E-state index < -0.39 is 37.3 Å². The topological polar surface area (TPSA) is 115 Å². The SMILES string of the molecule is Nc1ccccc1NS(=O)(=O)c1cccc([N+](=O)[O-])c1C(F)(F)F. The number of para-hydroxylation sites is 2. The van der Waals surface area contributed by atoms with Crippen LogP contribution >= 0.6 is 0 Å². The molecule has 7 nitrogen and oxygen atoms in total. The Labute approximate surface area is 134 Å². The number of anilines is 2. The van der Waals surface area contributed by atoms with Gasteiger partial charge in [-0.1, -0.05) is 18.2 Å². The van der Waals surface area contributed by atoms with Crippen LogP contribution in [-0.2, 0) is 16.2 Å². The highest BCUT2D eigenvalue weighted by molar-refractivity contribution is 7.92. The Morgan fingerprint density at radius 3 is 2.25 bits per heavy atom. The van der Waals surface area contributed by atoms with E-state index in [1.165, 1.54) is 24.3 Å². The number of nitrogens with one attached hydrogen (secondary N) is 1. The number of hydrogen-bond donors (Lipinski definition) is 2. The molecule has 0 amide bonds. The summed E-state index contributed by atoms with van der Waals surface area (Å²) < 4.78 is 66.1. The van der Waals surface area contributed by atoms with Crippen molar-refractivity contribution in [3.05, 3.63) is 58.1 Å². The summed E-state index contributed by atoms with van der Waals surface area (Å²) in [6, 6.07) is 7.59. The summed E-state index contributed by atoms with van der Waals surface area (Å²) >= 11 is 0. The zero-order valence-electron chi connectivity index (χ0n) is 11.7. The van der Waals surface area contributed by atoms with Crippen LogP contribution in [0.4, 0.5) is 30.2 Å². The van der Waals surface area contributed by atoms with Gasteiger partial charge in [-0.05, 0) is 18.2 Å². The molecule has 0 radical (unpaired) electrons. The average molecular weight is 361 g/mol. The van der Waals surface area contributed by atoms with E-state index in [1.54, 1.807) is 0 Å². The van der Waals surface area contributed by atoms with Crippen molar-refractivity contribution in [1.29, 1.82) is 0 Å². The Morgan fingerprint density at radius 1 is 1.08 bits per heavy atom. The molecule has 0 aliphatic rings. The van der Waals surface area contributed by atoms with E-state index in [9.17, 15) is 31.7 Å². The minimum atomic E-state index is -5.24. The summed E-state index contributed by atoms with van der Waals surface area (Å²) in [5, 5.41) is 10.8. The largest absolute Gasteiger partial charge is 0.424 e. The summed E-state index contributed by atoms with van der Waals surface area (Å²) in [7, 11) is -4.76. The molecule has 2 aromatic rings. The van der Waals surface area contributed by atoms with Crippen molar-refractivity contribution in [1.82, 2.24) is 0 Å². The van der Waals surface area contributed by atoms with E-state index in [4.69, 9.17) is 5.73 Å². The Kier molecular flexibility index (Phi) is 4.38. The van der Waals surface area contributed by atoms with Crippen molar-refractivity contribution in [2.24, 2.45) is 0 Å². The second-order valence-electron chi connectivity index (χ2n) is 4.60. The second kappa shape index (κ2) is 6.00. The van der Waals surface area contributed by atoms with E-state index in [0.717, 1.165) is 6.07 Å². The maximum absolute atomic E-state index is 13.2. The summed E-state index contributed by atoms with van der Waals surface area (Å²) in [6.45, 7) is 0. The van der Waals surface area contributed by atoms with Crippen LogP contribution in [0.1, 0.15) is 5.56 Å². The van der Waals surface area contributed by atoms with Crippen LogP contribution < -0.4 is 10.5 Å². The quantitative estimate of drug-likeness (QED) is 0.493. The smallest absolute Gasteiger partial charge is 0.397 e. The maximum Gasteiger partial charge on any atom is 0.424 e. The molecule has 0 aromatic heterocycles. The fraction of sp³-hybridized carbons (Fsp3) is 0.0769. The van der Waals surface area contributed by atoms with Crippen LogP contribution in [0.2, 0.25) is 0 Å². The Bertz CT molecular complexity index is 898. The molecule has 0 aliphatic carbocycles. The van der Waals surface area contributed by atoms with Crippen molar-refractivity contribution in [2.75, 3.05) is 10.5 Å². The summed E-state index contributed by atoms with van der Waals surface area (Å²) in [6.07, 6.45) is -5.24. The number of nitro benzene ring substituents is 1. The van der Waals surface area contributed by atoms with Gasteiger partial charge in [-0.25, -0.2) is 8.42 Å². The van der Waals surface area contributed by atoms with Crippen LogP contribution in [0.25, 0.3) is 0 Å². The van der Waals surface area contributed by atoms with Gasteiger partial charge in [0, 0.05) is 6.07 Å². The van der Waals surface area contributed by atoms with Gasteiger partial charge in [-0.3, -0.25) is 14.8 Å². The lowest BCUT2D eigenvalue weighted by Gasteiger charge is -2.15. The molecule has 0 heterocycles. The normalized spacial score (nSPS) is 12.0. The molecule has 0 unspecified atom stereocenters. The predicted octanol–water partition coefficient (Wildman–Crippen LogP) is 3.00. The standard InChI is InChI=1S/C13H10F3N3O4S/c14-13(15,16)12-10(19(20)21)6-3-7-11(12)24(22,23)18-9-5-2-1-4-8(9)17/h1-7,18H,17H2. The van der Waals surface area contributed by atoms with Gasteiger partial charge < -0.3 is 5.73 Å². The second-order valence-corrected chi connectivity index (χ2v) is 6.25. The van der Waals surface area contributed by atoms with Crippen LogP contribution in [0, 0.1) is 10.1 Å². The first-order valence-corrected chi connectivity index (χ1v) is 7.74. The van der Waals surface area contributed by atoms with Crippen molar-refractivity contribution in [2.45, 2.75) is 11.1 Å². The van der Waals surface area contributed by atoms with Gasteiger partial charge in [0.1, 0.15) is 4.90 Å². The third-order valence-electron chi connectivity index (χ3n) is 2.98. The molecule has 0 spiro atoms. The highest BCUT2D eigenvalue weighted by Crippen LogP contribution is 2.40. The van der Waals surface area contributed by atoms with E-state index in [1.807, 2.05) is 4.72 Å². The number of nitrogens with zero attached hydrogens (tertiary/aromatic N) is 1. The molecular formula is C13H10F3N3O4S. The number of nitro groups is 1. The first-order valence-electron chi connectivity index (χ1n) is 6.26. The number of nitrogens with two attached hydrogens (primary N) is 1. The summed E-state index contributed by atoms with van der Waals surface area (Å²) in [4.78, 5) is 8.28. The predicted molar refractivity (Wildman–Crippen MR) is 79.8 cm³/mol. The van der Waals surface area contributed by atoms with Gasteiger partial charge in [0.15, 0.2) is 5.56 Å². The van der Waals surface area contributed by atoms with Crippen molar-refractivity contribution >= 4 is 27.1 Å². The molecule has 2 rings (SSSR count). The minimum Gasteiger partial charge on any atom is -0.397 e. The van der Waals surface area contributed by atoms with Crippen LogP contribution in [0.5, 0.6) is 0 Å². The average Bonchev–Trinajstić information content (AvgIpc) is 2.47. The summed E-state index contributed by atoms with van der Waals surface area (Å²) in [5.41, 5.74) is 2.19. The van der Waals surface area contributed by atoms with Gasteiger partial charge in [0.25, 0.3) is 15.7 Å². The molecule has 0 fully saturated rings. The number of halogens is 3. The number of sulfonamides is 1. The molecular weight excluding hydrogens is 351 g/mol. The molecule has 128 valence electrons. The third kappa shape index (κ3) is 3.40. The third-order valence-corrected chi connectivity index (χ3v) is 4.39. The molecule has 24 heavy (non-hydrogen) atoms. The van der Waals surface area contributed by atoms with Gasteiger partial charge in [-0.15, -0.1) is 0 Å². The minimum absolute atomic E-state index is 0.0138. The molecule has 3 N–H and O–H groups in total. The highest BCUT2D eigenvalue weighted by atomic mass is 32.2. The van der Waals surface area contributed by atoms with Crippen molar-refractivity contribution < 1.29 is 26.5 Å². The van der Waals surface area contributed by atoms with E-state index in [0.29, 0.717) is 12.1 Å². The van der Waals surface area contributed by atoms with E-state index in [2.05, 4.69) is 0 Å². The lowest BCUT2D eigenvalue weighted by atomic mass is 10.2. The Hall–Kier alpha value is -2.82. The Morgan fingerprint density at radius 2 is 1.71 bits per heavy atom. The highest BCUT2D eigenvalue weighted by Gasteiger charge is 2.44. The van der Waals surface area contributed by atoms with Crippen LogP contribution in [0.3, 0.4) is 0 Å². The zero-order chi connectivity index (χ0) is 18.1. The van der Waals surface area contributed by atoms with Crippen LogP contribution in [-0.4, -0.2) is 13.3 Å². The summed E-state index contributed by atoms with van der Waals surface area (Å²) in [5.74, 6) is 0.